The van der Waals surface area contributed by atoms with E-state index in [2.05, 4.69) is 9.88 Å². The third kappa shape index (κ3) is 3.93. The largest absolute Gasteiger partial charge is 0.381 e. The van der Waals surface area contributed by atoms with Crippen LogP contribution in [0.2, 0.25) is 0 Å². The second-order valence-electron chi connectivity index (χ2n) is 7.85. The number of piperidine rings is 1. The number of H-pyrrole nitrogens is 1. The monoisotopic (exact) mass is 397 g/mol. The normalized spacial score (nSPS) is 24.9. The molecule has 0 spiro atoms. The summed E-state index contributed by atoms with van der Waals surface area (Å²) >= 11 is 0. The van der Waals surface area contributed by atoms with Gasteiger partial charge >= 0.3 is 5.69 Å². The molecule has 0 atom stereocenters. The standard InChI is InChI=1S/C20H28FN3O2.ClH/c1-13-11-19-18(12-17(13)21)22-20(25)24(19)15-7-9-23(10-8-15)14-3-5-16(26-2)6-4-14;/h11-12,14-16H,3-10H2,1-2H3,(H,22,25);1H/t14-,16-;. The van der Waals surface area contributed by atoms with Crippen molar-refractivity contribution in [3.8, 4) is 0 Å². The number of fused-ring (bicyclic) bond motifs is 1. The number of benzene rings is 1. The second-order valence-corrected chi connectivity index (χ2v) is 7.85. The van der Waals surface area contributed by atoms with Crippen molar-refractivity contribution in [1.29, 1.82) is 0 Å². The minimum absolute atomic E-state index is 0. The lowest BCUT2D eigenvalue weighted by Crippen LogP contribution is -2.45. The molecule has 0 radical (unpaired) electrons. The minimum atomic E-state index is -0.271. The molecule has 2 aliphatic rings. The predicted octanol–water partition coefficient (Wildman–Crippen LogP) is 3.79. The van der Waals surface area contributed by atoms with Crippen LogP contribution in [0.15, 0.2) is 16.9 Å². The van der Waals surface area contributed by atoms with Gasteiger partial charge in [-0.1, -0.05) is 0 Å². The maximum Gasteiger partial charge on any atom is 0.326 e. The van der Waals surface area contributed by atoms with Crippen LogP contribution in [-0.4, -0.2) is 46.8 Å². The second kappa shape index (κ2) is 8.33. The number of ether oxygens (including phenoxy) is 1. The van der Waals surface area contributed by atoms with E-state index in [4.69, 9.17) is 4.74 Å². The molecular weight excluding hydrogens is 369 g/mol. The Labute approximate surface area is 165 Å². The molecule has 1 saturated heterocycles. The maximum atomic E-state index is 13.8. The lowest BCUT2D eigenvalue weighted by molar-refractivity contribution is 0.0296. The van der Waals surface area contributed by atoms with Gasteiger partial charge in [-0.3, -0.25) is 4.57 Å². The molecule has 27 heavy (non-hydrogen) atoms. The van der Waals surface area contributed by atoms with Crippen LogP contribution in [-0.2, 0) is 4.74 Å². The summed E-state index contributed by atoms with van der Waals surface area (Å²) in [5.41, 5.74) is 1.88. The number of aryl methyl sites for hydroxylation is 1. The van der Waals surface area contributed by atoms with Crippen molar-refractivity contribution in [2.75, 3.05) is 20.2 Å². The number of hydrogen-bond acceptors (Lipinski definition) is 3. The van der Waals surface area contributed by atoms with Gasteiger partial charge in [-0.15, -0.1) is 12.4 Å². The lowest BCUT2D eigenvalue weighted by Gasteiger charge is -2.40. The Bertz CT molecular complexity index is 834. The molecule has 4 rings (SSSR count). The smallest absolute Gasteiger partial charge is 0.326 e. The van der Waals surface area contributed by atoms with Gasteiger partial charge in [-0.25, -0.2) is 9.18 Å². The van der Waals surface area contributed by atoms with Crippen LogP contribution in [0.1, 0.15) is 50.1 Å². The van der Waals surface area contributed by atoms with Crippen LogP contribution in [0.4, 0.5) is 4.39 Å². The van der Waals surface area contributed by atoms with Crippen molar-refractivity contribution >= 4 is 23.4 Å². The zero-order valence-corrected chi connectivity index (χ0v) is 16.9. The average Bonchev–Trinajstić information content (AvgIpc) is 2.97. The van der Waals surface area contributed by atoms with Crippen molar-refractivity contribution in [3.63, 3.8) is 0 Å². The Balaban J connectivity index is 0.00000210. The van der Waals surface area contributed by atoms with Crippen LogP contribution in [0.3, 0.4) is 0 Å². The van der Waals surface area contributed by atoms with Gasteiger partial charge in [0, 0.05) is 32.3 Å². The minimum Gasteiger partial charge on any atom is -0.381 e. The SMILES string of the molecule is CO[C@H]1CC[C@H](N2CCC(n3c(=O)[nH]c4cc(F)c(C)cc43)CC2)CC1.Cl. The zero-order valence-electron chi connectivity index (χ0n) is 16.0. The maximum absolute atomic E-state index is 13.8. The first-order valence-electron chi connectivity index (χ1n) is 9.74. The molecule has 2 heterocycles. The van der Waals surface area contributed by atoms with Crippen LogP contribution >= 0.6 is 12.4 Å². The molecule has 0 bridgehead atoms. The summed E-state index contributed by atoms with van der Waals surface area (Å²) in [6, 6.07) is 4.07. The molecule has 1 aliphatic heterocycles. The average molecular weight is 398 g/mol. The third-order valence-electron chi connectivity index (χ3n) is 6.35. The highest BCUT2D eigenvalue weighted by molar-refractivity contribution is 5.85. The first-order valence-corrected chi connectivity index (χ1v) is 9.74. The van der Waals surface area contributed by atoms with Gasteiger partial charge in [0.1, 0.15) is 5.82 Å². The molecule has 5 nitrogen and oxygen atoms in total. The third-order valence-corrected chi connectivity index (χ3v) is 6.35. The van der Waals surface area contributed by atoms with Gasteiger partial charge in [-0.2, -0.15) is 0 Å². The highest BCUT2D eigenvalue weighted by atomic mass is 35.5. The van der Waals surface area contributed by atoms with E-state index in [-0.39, 0.29) is 30.0 Å². The predicted molar refractivity (Wildman–Crippen MR) is 107 cm³/mol. The number of aromatic amines is 1. The summed E-state index contributed by atoms with van der Waals surface area (Å²) in [6.07, 6.45) is 7.06. The van der Waals surface area contributed by atoms with Crippen LogP contribution in [0.25, 0.3) is 11.0 Å². The molecule has 1 saturated carbocycles. The van der Waals surface area contributed by atoms with Crippen molar-refractivity contribution < 1.29 is 9.13 Å². The summed E-state index contributed by atoms with van der Waals surface area (Å²) in [5, 5.41) is 0. The quantitative estimate of drug-likeness (QED) is 0.857. The number of rotatable bonds is 3. The molecule has 1 N–H and O–H groups in total. The molecule has 2 fully saturated rings. The van der Waals surface area contributed by atoms with E-state index in [0.717, 1.165) is 44.3 Å². The van der Waals surface area contributed by atoms with E-state index in [1.54, 1.807) is 13.0 Å². The number of nitrogens with one attached hydrogen (secondary N) is 1. The fourth-order valence-corrected chi connectivity index (χ4v) is 4.77. The van der Waals surface area contributed by atoms with Crippen molar-refractivity contribution in [3.05, 3.63) is 34.0 Å². The number of nitrogens with zero attached hydrogens (tertiary/aromatic N) is 2. The van der Waals surface area contributed by atoms with Crippen molar-refractivity contribution in [1.82, 2.24) is 14.5 Å². The Morgan fingerprint density at radius 2 is 1.74 bits per heavy atom. The summed E-state index contributed by atoms with van der Waals surface area (Å²) in [6.45, 7) is 3.79. The highest BCUT2D eigenvalue weighted by Crippen LogP contribution is 2.31. The summed E-state index contributed by atoms with van der Waals surface area (Å²) in [5.74, 6) is -0.271. The first-order chi connectivity index (χ1) is 12.6. The van der Waals surface area contributed by atoms with E-state index in [0.29, 0.717) is 23.2 Å². The summed E-state index contributed by atoms with van der Waals surface area (Å²) in [4.78, 5) is 17.9. The molecule has 1 aromatic carbocycles. The highest BCUT2D eigenvalue weighted by Gasteiger charge is 2.30. The Morgan fingerprint density at radius 3 is 2.37 bits per heavy atom. The molecule has 1 aromatic heterocycles. The first kappa shape index (κ1) is 20.4. The number of hydrogen-bond donors (Lipinski definition) is 1. The zero-order chi connectivity index (χ0) is 18.3. The fourth-order valence-electron chi connectivity index (χ4n) is 4.77. The molecule has 2 aromatic rings. The molecule has 0 amide bonds. The number of imidazole rings is 1. The van der Waals surface area contributed by atoms with Gasteiger partial charge in [-0.05, 0) is 63.1 Å². The topological polar surface area (TPSA) is 50.3 Å². The number of methoxy groups -OCH3 is 1. The summed E-state index contributed by atoms with van der Waals surface area (Å²) < 4.78 is 21.1. The lowest BCUT2D eigenvalue weighted by atomic mass is 9.90. The Morgan fingerprint density at radius 1 is 1.07 bits per heavy atom. The van der Waals surface area contributed by atoms with Crippen LogP contribution in [0.5, 0.6) is 0 Å². The van der Waals surface area contributed by atoms with Gasteiger partial charge in [0.25, 0.3) is 0 Å². The van der Waals surface area contributed by atoms with Crippen LogP contribution in [0, 0.1) is 12.7 Å². The van der Waals surface area contributed by atoms with E-state index < -0.39 is 0 Å². The summed E-state index contributed by atoms with van der Waals surface area (Å²) in [7, 11) is 1.81. The van der Waals surface area contributed by atoms with Crippen LogP contribution < -0.4 is 5.69 Å². The van der Waals surface area contributed by atoms with E-state index in [9.17, 15) is 9.18 Å². The molecule has 7 heteroatoms. The van der Waals surface area contributed by atoms with E-state index >= 15 is 0 Å². The number of halogens is 2. The van der Waals surface area contributed by atoms with Crippen molar-refractivity contribution in [2.45, 2.75) is 63.6 Å². The molecular formula is C20H29ClFN3O2. The number of likely N-dealkylation sites (tertiary alicyclic amines) is 1. The van der Waals surface area contributed by atoms with Crippen molar-refractivity contribution in [2.24, 2.45) is 0 Å². The van der Waals surface area contributed by atoms with Gasteiger partial charge in [0.15, 0.2) is 0 Å². The Hall–Kier alpha value is -1.37. The molecule has 1 aliphatic carbocycles. The molecule has 150 valence electrons. The van der Waals surface area contributed by atoms with E-state index in [1.807, 2.05) is 11.7 Å². The van der Waals surface area contributed by atoms with Gasteiger partial charge < -0.3 is 14.6 Å². The number of aromatic nitrogens is 2. The Kier molecular flexibility index (Phi) is 6.28. The van der Waals surface area contributed by atoms with Gasteiger partial charge in [0.2, 0.25) is 0 Å². The van der Waals surface area contributed by atoms with Gasteiger partial charge in [0.05, 0.1) is 17.1 Å². The molecule has 0 unspecified atom stereocenters. The fraction of sp³-hybridized carbons (Fsp3) is 0.650. The van der Waals surface area contributed by atoms with E-state index in [1.165, 1.54) is 18.9 Å².